The summed E-state index contributed by atoms with van der Waals surface area (Å²) in [6, 6.07) is 14.0. The third-order valence-corrected chi connectivity index (χ3v) is 4.10. The van der Waals surface area contributed by atoms with Crippen LogP contribution in [-0.2, 0) is 17.9 Å². The van der Waals surface area contributed by atoms with Gasteiger partial charge in [-0.1, -0.05) is 24.3 Å². The summed E-state index contributed by atoms with van der Waals surface area (Å²) in [5, 5.41) is 3.48. The van der Waals surface area contributed by atoms with Crippen molar-refractivity contribution < 1.29 is 9.47 Å². The molecule has 0 aliphatic carbocycles. The number of morpholine rings is 1. The van der Waals surface area contributed by atoms with Crippen molar-refractivity contribution in [2.24, 2.45) is 0 Å². The number of nitrogens with one attached hydrogen (secondary N) is 1. The summed E-state index contributed by atoms with van der Waals surface area (Å²) < 4.78 is 11.7. The van der Waals surface area contributed by atoms with Gasteiger partial charge in [-0.3, -0.25) is 4.98 Å². The molecule has 0 radical (unpaired) electrons. The minimum atomic E-state index is 0.255. The van der Waals surface area contributed by atoms with Crippen LogP contribution in [0.1, 0.15) is 11.3 Å². The van der Waals surface area contributed by atoms with Crippen LogP contribution in [0.4, 0.5) is 0 Å². The summed E-state index contributed by atoms with van der Waals surface area (Å²) in [5.41, 5.74) is 2.08. The fraction of sp³-hybridized carbons (Fsp3) is 0.421. The van der Waals surface area contributed by atoms with E-state index in [1.807, 2.05) is 36.4 Å². The van der Waals surface area contributed by atoms with Crippen molar-refractivity contribution >= 4 is 0 Å². The van der Waals surface area contributed by atoms with Crippen LogP contribution in [0.3, 0.4) is 0 Å². The standard InChI is InChI=1S/C19H25N3O2/c1-22-10-11-23-18(14-22)13-20-12-16-6-2-3-8-19(16)24-15-17-7-4-5-9-21-17/h2-9,18,20H,10-15H2,1H3/t18-/m1/s1. The molecule has 1 fully saturated rings. The molecule has 24 heavy (non-hydrogen) atoms. The highest BCUT2D eigenvalue weighted by atomic mass is 16.5. The number of para-hydroxylation sites is 1. The van der Waals surface area contributed by atoms with E-state index in [0.717, 1.165) is 49.8 Å². The molecule has 5 nitrogen and oxygen atoms in total. The van der Waals surface area contributed by atoms with Gasteiger partial charge in [0, 0.05) is 37.9 Å². The van der Waals surface area contributed by atoms with Gasteiger partial charge in [0.2, 0.25) is 0 Å². The SMILES string of the molecule is CN1CCO[C@H](CNCc2ccccc2OCc2ccccn2)C1. The molecular formula is C19H25N3O2. The van der Waals surface area contributed by atoms with E-state index in [2.05, 4.69) is 28.3 Å². The number of pyridine rings is 1. The molecule has 1 atom stereocenters. The molecule has 1 saturated heterocycles. The first kappa shape index (κ1) is 16.9. The summed E-state index contributed by atoms with van der Waals surface area (Å²) in [4.78, 5) is 6.60. The number of aromatic nitrogens is 1. The maximum atomic E-state index is 5.94. The van der Waals surface area contributed by atoms with Gasteiger partial charge < -0.3 is 19.7 Å². The minimum Gasteiger partial charge on any atom is -0.487 e. The second-order valence-electron chi connectivity index (χ2n) is 6.10. The second-order valence-corrected chi connectivity index (χ2v) is 6.10. The van der Waals surface area contributed by atoms with E-state index < -0.39 is 0 Å². The average Bonchev–Trinajstić information content (AvgIpc) is 2.62. The van der Waals surface area contributed by atoms with Crippen LogP contribution in [0.15, 0.2) is 48.7 Å². The molecule has 0 bridgehead atoms. The Bertz CT molecular complexity index is 621. The van der Waals surface area contributed by atoms with E-state index in [1.165, 1.54) is 0 Å². The molecule has 1 aliphatic heterocycles. The number of rotatable bonds is 7. The Kier molecular flexibility index (Phi) is 6.18. The first-order valence-corrected chi connectivity index (χ1v) is 8.43. The van der Waals surface area contributed by atoms with E-state index in [0.29, 0.717) is 6.61 Å². The van der Waals surface area contributed by atoms with Gasteiger partial charge in [-0.05, 0) is 25.2 Å². The monoisotopic (exact) mass is 327 g/mol. The van der Waals surface area contributed by atoms with Crippen LogP contribution in [0, 0.1) is 0 Å². The lowest BCUT2D eigenvalue weighted by atomic mass is 10.2. The molecule has 0 unspecified atom stereocenters. The Balaban J connectivity index is 1.50. The van der Waals surface area contributed by atoms with Crippen molar-refractivity contribution in [1.82, 2.24) is 15.2 Å². The molecule has 0 spiro atoms. The molecule has 1 aromatic carbocycles. The number of hydrogen-bond acceptors (Lipinski definition) is 5. The summed E-state index contributed by atoms with van der Waals surface area (Å²) >= 11 is 0. The van der Waals surface area contributed by atoms with E-state index in [-0.39, 0.29) is 6.10 Å². The van der Waals surface area contributed by atoms with Crippen LogP contribution in [0.5, 0.6) is 5.75 Å². The van der Waals surface area contributed by atoms with Gasteiger partial charge in [0.25, 0.3) is 0 Å². The van der Waals surface area contributed by atoms with Crippen LogP contribution >= 0.6 is 0 Å². The normalized spacial score (nSPS) is 18.5. The fourth-order valence-corrected chi connectivity index (χ4v) is 2.78. The van der Waals surface area contributed by atoms with Crippen LogP contribution < -0.4 is 10.1 Å². The quantitative estimate of drug-likeness (QED) is 0.844. The van der Waals surface area contributed by atoms with Crippen molar-refractivity contribution in [3.05, 3.63) is 59.9 Å². The number of ether oxygens (including phenoxy) is 2. The predicted octanol–water partition coefficient (Wildman–Crippen LogP) is 2.08. The van der Waals surface area contributed by atoms with E-state index in [1.54, 1.807) is 6.20 Å². The van der Waals surface area contributed by atoms with Crippen LogP contribution in [0.2, 0.25) is 0 Å². The van der Waals surface area contributed by atoms with Crippen molar-refractivity contribution in [2.75, 3.05) is 33.3 Å². The van der Waals surface area contributed by atoms with E-state index >= 15 is 0 Å². The highest BCUT2D eigenvalue weighted by molar-refractivity contribution is 5.33. The number of nitrogens with zero attached hydrogens (tertiary/aromatic N) is 2. The Hall–Kier alpha value is -1.95. The van der Waals surface area contributed by atoms with Gasteiger partial charge in [0.05, 0.1) is 18.4 Å². The van der Waals surface area contributed by atoms with Crippen molar-refractivity contribution in [3.8, 4) is 5.75 Å². The lowest BCUT2D eigenvalue weighted by Crippen LogP contribution is -2.44. The molecule has 0 amide bonds. The maximum Gasteiger partial charge on any atom is 0.130 e. The molecule has 3 rings (SSSR count). The van der Waals surface area contributed by atoms with Gasteiger partial charge in [0.1, 0.15) is 12.4 Å². The van der Waals surface area contributed by atoms with Gasteiger partial charge in [-0.15, -0.1) is 0 Å². The van der Waals surface area contributed by atoms with Crippen LogP contribution in [-0.4, -0.2) is 49.3 Å². The first-order chi connectivity index (χ1) is 11.8. The predicted molar refractivity (Wildman–Crippen MR) is 94.0 cm³/mol. The minimum absolute atomic E-state index is 0.255. The molecule has 1 aromatic heterocycles. The second kappa shape index (κ2) is 8.78. The van der Waals surface area contributed by atoms with Gasteiger partial charge in [0.15, 0.2) is 0 Å². The first-order valence-electron chi connectivity index (χ1n) is 8.43. The van der Waals surface area contributed by atoms with Crippen molar-refractivity contribution in [3.63, 3.8) is 0 Å². The number of hydrogen-bond donors (Lipinski definition) is 1. The number of likely N-dealkylation sites (N-methyl/N-ethyl adjacent to an activating group) is 1. The van der Waals surface area contributed by atoms with Gasteiger partial charge in [-0.25, -0.2) is 0 Å². The Morgan fingerprint density at radius 2 is 2.12 bits per heavy atom. The average molecular weight is 327 g/mol. The molecule has 1 aliphatic rings. The lowest BCUT2D eigenvalue weighted by molar-refractivity contribution is -0.0182. The molecule has 2 heterocycles. The molecule has 2 aromatic rings. The lowest BCUT2D eigenvalue weighted by Gasteiger charge is -2.30. The zero-order chi connectivity index (χ0) is 16.6. The molecular weight excluding hydrogens is 302 g/mol. The largest absolute Gasteiger partial charge is 0.487 e. The smallest absolute Gasteiger partial charge is 0.130 e. The zero-order valence-electron chi connectivity index (χ0n) is 14.1. The molecule has 128 valence electrons. The number of benzene rings is 1. The topological polar surface area (TPSA) is 46.6 Å². The summed E-state index contributed by atoms with van der Waals surface area (Å²) in [7, 11) is 2.14. The maximum absolute atomic E-state index is 5.94. The highest BCUT2D eigenvalue weighted by Gasteiger charge is 2.17. The molecule has 0 saturated carbocycles. The van der Waals surface area contributed by atoms with Crippen molar-refractivity contribution in [1.29, 1.82) is 0 Å². The Morgan fingerprint density at radius 3 is 2.96 bits per heavy atom. The third kappa shape index (κ3) is 5.03. The van der Waals surface area contributed by atoms with Crippen LogP contribution in [0.25, 0.3) is 0 Å². The van der Waals surface area contributed by atoms with E-state index in [9.17, 15) is 0 Å². The summed E-state index contributed by atoms with van der Waals surface area (Å²) in [5.74, 6) is 0.900. The fourth-order valence-electron chi connectivity index (χ4n) is 2.78. The third-order valence-electron chi connectivity index (χ3n) is 4.10. The molecule has 1 N–H and O–H groups in total. The molecule has 5 heteroatoms. The zero-order valence-corrected chi connectivity index (χ0v) is 14.1. The summed E-state index contributed by atoms with van der Waals surface area (Å²) in [6.07, 6.45) is 2.04. The Labute approximate surface area is 143 Å². The van der Waals surface area contributed by atoms with Gasteiger partial charge in [-0.2, -0.15) is 0 Å². The Morgan fingerprint density at radius 1 is 1.25 bits per heavy atom. The van der Waals surface area contributed by atoms with Crippen molar-refractivity contribution in [2.45, 2.75) is 19.3 Å². The van der Waals surface area contributed by atoms with E-state index in [4.69, 9.17) is 9.47 Å². The summed E-state index contributed by atoms with van der Waals surface area (Å²) in [6.45, 7) is 4.90. The highest BCUT2D eigenvalue weighted by Crippen LogP contribution is 2.19. The van der Waals surface area contributed by atoms with Gasteiger partial charge >= 0.3 is 0 Å².